The van der Waals surface area contributed by atoms with Crippen LogP contribution in [0, 0.1) is 11.2 Å². The third-order valence-corrected chi connectivity index (χ3v) is 7.81. The predicted molar refractivity (Wildman–Crippen MR) is 135 cm³/mol. The van der Waals surface area contributed by atoms with Crippen molar-refractivity contribution in [1.29, 1.82) is 0 Å². The zero-order valence-electron chi connectivity index (χ0n) is 20.7. The molecule has 0 aromatic heterocycles. The van der Waals surface area contributed by atoms with Crippen molar-refractivity contribution in [3.8, 4) is 11.1 Å². The van der Waals surface area contributed by atoms with Gasteiger partial charge in [-0.15, -0.1) is 0 Å². The molecule has 2 aromatic carbocycles. The molecule has 2 fully saturated rings. The lowest BCUT2D eigenvalue weighted by atomic mass is 9.74. The Bertz CT molecular complexity index is 947. The van der Waals surface area contributed by atoms with E-state index in [2.05, 4.69) is 36.2 Å². The number of carbonyl (C=O) groups excluding carboxylic acids is 1. The number of piperidine rings is 1. The number of hydrogen-bond donors (Lipinski definition) is 1. The van der Waals surface area contributed by atoms with Crippen LogP contribution >= 0.6 is 0 Å². The summed E-state index contributed by atoms with van der Waals surface area (Å²) in [4.78, 5) is 16.1. The summed E-state index contributed by atoms with van der Waals surface area (Å²) < 4.78 is 19.4. The number of hydrogen-bond acceptors (Lipinski definition) is 3. The normalized spacial score (nSPS) is 22.9. The molecule has 0 spiro atoms. The number of benzene rings is 2. The molecule has 1 amide bonds. The summed E-state index contributed by atoms with van der Waals surface area (Å²) in [5.41, 5.74) is 2.48. The summed E-state index contributed by atoms with van der Waals surface area (Å²) in [7, 11) is 0. The Kier molecular flexibility index (Phi) is 8.38. The van der Waals surface area contributed by atoms with E-state index >= 15 is 0 Å². The molecule has 0 saturated carbocycles. The second-order valence-electron chi connectivity index (χ2n) is 10.3. The minimum absolute atomic E-state index is 0.145. The van der Waals surface area contributed by atoms with Gasteiger partial charge in [0, 0.05) is 38.4 Å². The Hall–Kier alpha value is -2.24. The maximum absolute atomic E-state index is 13.7. The Labute approximate surface area is 203 Å². The molecule has 184 valence electrons. The van der Waals surface area contributed by atoms with Gasteiger partial charge in [0.05, 0.1) is 5.41 Å². The van der Waals surface area contributed by atoms with Gasteiger partial charge in [-0.25, -0.2) is 4.39 Å². The second kappa shape index (κ2) is 11.5. The highest BCUT2D eigenvalue weighted by atomic mass is 19.1. The van der Waals surface area contributed by atoms with E-state index in [1.54, 1.807) is 12.1 Å². The average Bonchev–Trinajstić information content (AvgIpc) is 2.84. The molecule has 2 aliphatic rings. The number of nitrogens with one attached hydrogen (secondary N) is 1. The van der Waals surface area contributed by atoms with Gasteiger partial charge in [0.2, 0.25) is 5.91 Å². The third-order valence-electron chi connectivity index (χ3n) is 7.81. The number of rotatable bonds is 8. The van der Waals surface area contributed by atoms with E-state index in [1.165, 1.54) is 25.3 Å². The molecule has 34 heavy (non-hydrogen) atoms. The lowest BCUT2D eigenvalue weighted by molar-refractivity contribution is -0.136. The van der Waals surface area contributed by atoms with Crippen LogP contribution in [0.2, 0.25) is 0 Å². The first-order valence-corrected chi connectivity index (χ1v) is 12.9. The highest BCUT2D eigenvalue weighted by molar-refractivity contribution is 5.83. The van der Waals surface area contributed by atoms with Gasteiger partial charge in [0.25, 0.3) is 0 Å². The molecule has 2 aromatic rings. The minimum atomic E-state index is -0.454. The lowest BCUT2D eigenvalue weighted by Crippen LogP contribution is -2.47. The molecule has 4 rings (SSSR count). The van der Waals surface area contributed by atoms with Gasteiger partial charge in [-0.2, -0.15) is 0 Å². The fraction of sp³-hybridized carbons (Fsp3) is 0.552. The van der Waals surface area contributed by atoms with Gasteiger partial charge in [-0.05, 0) is 81.2 Å². The van der Waals surface area contributed by atoms with Crippen LogP contribution in [0.1, 0.15) is 57.9 Å². The molecule has 4 nitrogen and oxygen atoms in total. The predicted octanol–water partition coefficient (Wildman–Crippen LogP) is 5.60. The number of amides is 1. The summed E-state index contributed by atoms with van der Waals surface area (Å²) in [5, 5.41) is 3.27. The maximum atomic E-state index is 13.7. The largest absolute Gasteiger partial charge is 0.381 e. The number of carbonyl (C=O) groups is 1. The maximum Gasteiger partial charge on any atom is 0.226 e. The minimum Gasteiger partial charge on any atom is -0.381 e. The van der Waals surface area contributed by atoms with Gasteiger partial charge < -0.3 is 10.1 Å². The number of nitrogens with zero attached hydrogens (tertiary/aromatic N) is 1. The summed E-state index contributed by atoms with van der Waals surface area (Å²) in [6.07, 6.45) is 6.96. The van der Waals surface area contributed by atoms with E-state index in [-0.39, 0.29) is 11.7 Å². The molecule has 2 aliphatic heterocycles. The molecule has 2 heterocycles. The van der Waals surface area contributed by atoms with Crippen molar-refractivity contribution in [2.24, 2.45) is 5.41 Å². The van der Waals surface area contributed by atoms with Crippen molar-refractivity contribution < 1.29 is 13.9 Å². The van der Waals surface area contributed by atoms with Gasteiger partial charge in [-0.1, -0.05) is 42.8 Å². The van der Waals surface area contributed by atoms with E-state index < -0.39 is 5.41 Å². The van der Waals surface area contributed by atoms with Gasteiger partial charge in [0.1, 0.15) is 5.82 Å². The molecule has 0 unspecified atom stereocenters. The van der Waals surface area contributed by atoms with Crippen LogP contribution in [-0.4, -0.2) is 49.2 Å². The topological polar surface area (TPSA) is 41.6 Å². The van der Waals surface area contributed by atoms with E-state index in [9.17, 15) is 9.18 Å². The van der Waals surface area contributed by atoms with Crippen LogP contribution in [0.25, 0.3) is 11.1 Å². The highest BCUT2D eigenvalue weighted by Gasteiger charge is 2.40. The highest BCUT2D eigenvalue weighted by Crippen LogP contribution is 2.36. The van der Waals surface area contributed by atoms with Gasteiger partial charge in [0.15, 0.2) is 0 Å². The number of halogens is 1. The van der Waals surface area contributed by atoms with Crippen LogP contribution in [0.4, 0.5) is 4.39 Å². The lowest BCUT2D eigenvalue weighted by Gasteiger charge is -2.39. The number of ether oxygens (including phenoxy) is 1. The summed E-state index contributed by atoms with van der Waals surface area (Å²) in [6, 6.07) is 16.1. The number of likely N-dealkylation sites (tertiary alicyclic amines) is 1. The average molecular weight is 467 g/mol. The molecule has 0 bridgehead atoms. The summed E-state index contributed by atoms with van der Waals surface area (Å²) >= 11 is 0. The second-order valence-corrected chi connectivity index (χ2v) is 10.3. The summed E-state index contributed by atoms with van der Waals surface area (Å²) in [6.45, 7) is 7.61. The van der Waals surface area contributed by atoms with Gasteiger partial charge in [-0.3, -0.25) is 9.69 Å². The molecule has 0 radical (unpaired) electrons. The van der Waals surface area contributed by atoms with Crippen LogP contribution in [0.15, 0.2) is 48.5 Å². The SMILES string of the molecule is C[C@@H]1CCC[C@@H](C)N1CCCNC(=O)C1(Cc2cccc(-c3cccc(F)c3)c2)CCOCC1. The monoisotopic (exact) mass is 466 g/mol. The van der Waals surface area contributed by atoms with E-state index in [0.29, 0.717) is 38.3 Å². The van der Waals surface area contributed by atoms with Crippen LogP contribution < -0.4 is 5.32 Å². The van der Waals surface area contributed by atoms with Crippen molar-refractivity contribution in [1.82, 2.24) is 10.2 Å². The zero-order chi connectivity index (χ0) is 24.0. The fourth-order valence-electron chi connectivity index (χ4n) is 5.73. The van der Waals surface area contributed by atoms with Crippen molar-refractivity contribution in [2.75, 3.05) is 26.3 Å². The quantitative estimate of drug-likeness (QED) is 0.515. The molecular weight excluding hydrogens is 427 g/mol. The van der Waals surface area contributed by atoms with Crippen molar-refractivity contribution in [3.05, 3.63) is 59.9 Å². The van der Waals surface area contributed by atoms with Crippen molar-refractivity contribution >= 4 is 5.91 Å². The zero-order valence-corrected chi connectivity index (χ0v) is 20.7. The fourth-order valence-corrected chi connectivity index (χ4v) is 5.73. The first kappa shape index (κ1) is 24.9. The standard InChI is InChI=1S/C29H39FN2O2/c1-22-7-3-8-23(2)32(22)16-6-15-31-28(33)29(13-17-34-18-14-29)21-24-9-4-10-25(19-24)26-11-5-12-27(30)20-26/h4-5,9-12,19-20,22-23H,3,6-8,13-18,21H2,1-2H3,(H,31,33)/t22-,23-/m1/s1. The van der Waals surface area contributed by atoms with Gasteiger partial charge >= 0.3 is 0 Å². The molecule has 1 N–H and O–H groups in total. The first-order chi connectivity index (χ1) is 16.5. The Morgan fingerprint density at radius 1 is 1.06 bits per heavy atom. The van der Waals surface area contributed by atoms with Crippen LogP contribution in [0.3, 0.4) is 0 Å². The van der Waals surface area contributed by atoms with E-state index in [4.69, 9.17) is 4.74 Å². The first-order valence-electron chi connectivity index (χ1n) is 12.9. The van der Waals surface area contributed by atoms with Crippen molar-refractivity contribution in [3.63, 3.8) is 0 Å². The molecular formula is C29H39FN2O2. The van der Waals surface area contributed by atoms with Crippen LogP contribution in [-0.2, 0) is 16.0 Å². The van der Waals surface area contributed by atoms with E-state index in [1.807, 2.05) is 18.2 Å². The molecule has 5 heteroatoms. The van der Waals surface area contributed by atoms with Crippen LogP contribution in [0.5, 0.6) is 0 Å². The molecule has 2 atom stereocenters. The Balaban J connectivity index is 1.40. The van der Waals surface area contributed by atoms with Crippen molar-refractivity contribution in [2.45, 2.75) is 70.9 Å². The third kappa shape index (κ3) is 6.05. The Morgan fingerprint density at radius 2 is 1.74 bits per heavy atom. The Morgan fingerprint density at radius 3 is 2.44 bits per heavy atom. The smallest absolute Gasteiger partial charge is 0.226 e. The molecule has 0 aliphatic carbocycles. The van der Waals surface area contributed by atoms with E-state index in [0.717, 1.165) is 42.5 Å². The summed E-state index contributed by atoms with van der Waals surface area (Å²) in [5.74, 6) is -0.0942. The molecule has 2 saturated heterocycles.